The summed E-state index contributed by atoms with van der Waals surface area (Å²) in [5, 5.41) is 7.08. The van der Waals surface area contributed by atoms with Crippen molar-refractivity contribution >= 4 is 8.24 Å². The van der Waals surface area contributed by atoms with E-state index in [1.165, 1.54) is 0 Å². The molecule has 39 valence electrons. The largest absolute Gasteiger partial charge is 0.680 e. The van der Waals surface area contributed by atoms with Crippen LogP contribution in [0.15, 0.2) is 0 Å². The first-order valence-corrected chi connectivity index (χ1v) is 5.25. The minimum absolute atomic E-state index is 0. The smallest absolute Gasteiger partial charge is 0 e. The monoisotopic (exact) mass is 143 g/mol. The average Bonchev–Trinajstić information content (AvgIpc) is 0.722. The molecule has 1 nitrogen and oxygen atoms in total. The zero-order valence-electron chi connectivity index (χ0n) is 4.38. The molecule has 6 heavy (non-hydrogen) atoms. The van der Waals surface area contributed by atoms with Crippen LogP contribution in [0.3, 0.4) is 0 Å². The Morgan fingerprint density at radius 1 is 1.17 bits per heavy atom. The molecule has 0 amide bonds. The molecule has 0 fully saturated rings. The molecule has 0 saturated heterocycles. The van der Waals surface area contributed by atoms with Crippen molar-refractivity contribution in [2.75, 3.05) is 0 Å². The zero-order chi connectivity index (χ0) is 4.50. The molecule has 0 unspecified atom stereocenters. The fourth-order valence-corrected chi connectivity index (χ4v) is 0. The van der Waals surface area contributed by atoms with Gasteiger partial charge in [0.25, 0.3) is 0 Å². The van der Waals surface area contributed by atoms with E-state index in [-0.39, 0.29) is 17.1 Å². The molecule has 0 spiro atoms. The molecule has 0 bridgehead atoms. The molecule has 0 aliphatic carbocycles. The average molecular weight is 143 g/mol. The van der Waals surface area contributed by atoms with E-state index in [0.29, 0.717) is 0 Å². The first-order chi connectivity index (χ1) is 2.00. The molecule has 0 atom stereocenters. The van der Waals surface area contributed by atoms with Crippen molar-refractivity contribution in [3.8, 4) is 0 Å². The number of nitrogens with one attached hydrogen (secondary N) is 1. The van der Waals surface area contributed by atoms with Crippen molar-refractivity contribution in [2.45, 2.75) is 19.6 Å². The first-order valence-electron chi connectivity index (χ1n) is 1.75. The SMILES string of the molecule is C[Si](C)(C)[NH-].[Mn]. The van der Waals surface area contributed by atoms with Gasteiger partial charge < -0.3 is 5.40 Å². The Kier molecular flexibility index (Phi) is 4.60. The summed E-state index contributed by atoms with van der Waals surface area (Å²) in [6, 6.07) is 0. The molecule has 3 heteroatoms. The predicted octanol–water partition coefficient (Wildman–Crippen LogP) is 1.87. The summed E-state index contributed by atoms with van der Waals surface area (Å²) >= 11 is 0. The van der Waals surface area contributed by atoms with Gasteiger partial charge in [0.05, 0.1) is 0 Å². The van der Waals surface area contributed by atoms with Crippen LogP contribution in [-0.2, 0) is 17.1 Å². The molecular formula is C3H10MnNSi-. The molecule has 0 aliphatic heterocycles. The Hall–Kier alpha value is 0.696. The number of hydrogen-bond acceptors (Lipinski definition) is 0. The molecule has 0 rings (SSSR count). The van der Waals surface area contributed by atoms with Gasteiger partial charge in [-0.05, 0) is 0 Å². The van der Waals surface area contributed by atoms with E-state index in [1.54, 1.807) is 0 Å². The van der Waals surface area contributed by atoms with Gasteiger partial charge in [0.2, 0.25) is 0 Å². The fraction of sp³-hybridized carbons (Fsp3) is 1.00. The molecule has 0 heterocycles. The minimum Gasteiger partial charge on any atom is -0.680 e. The van der Waals surface area contributed by atoms with E-state index in [0.717, 1.165) is 0 Å². The van der Waals surface area contributed by atoms with Gasteiger partial charge in [0, 0.05) is 17.1 Å². The van der Waals surface area contributed by atoms with Crippen molar-refractivity contribution in [3.63, 3.8) is 0 Å². The van der Waals surface area contributed by atoms with Crippen LogP contribution in [0, 0.1) is 0 Å². The van der Waals surface area contributed by atoms with E-state index in [2.05, 4.69) is 0 Å². The van der Waals surface area contributed by atoms with Gasteiger partial charge in [0.1, 0.15) is 0 Å². The first kappa shape index (κ1) is 9.85. The fourth-order valence-electron chi connectivity index (χ4n) is 0. The molecule has 0 saturated carbocycles. The summed E-state index contributed by atoms with van der Waals surface area (Å²) in [4.78, 5) is 0. The maximum Gasteiger partial charge on any atom is 0 e. The maximum atomic E-state index is 7.08. The molecule has 1 N–H and O–H groups in total. The van der Waals surface area contributed by atoms with Crippen LogP contribution >= 0.6 is 0 Å². The third-order valence-electron chi connectivity index (χ3n) is 0. The van der Waals surface area contributed by atoms with Gasteiger partial charge >= 0.3 is 0 Å². The van der Waals surface area contributed by atoms with Crippen LogP contribution in [0.1, 0.15) is 0 Å². The number of hydrogen-bond donors (Lipinski definition) is 0. The zero-order valence-corrected chi connectivity index (χ0v) is 6.56. The van der Waals surface area contributed by atoms with Crippen LogP contribution < -0.4 is 0 Å². The van der Waals surface area contributed by atoms with Crippen molar-refractivity contribution in [1.82, 2.24) is 0 Å². The van der Waals surface area contributed by atoms with Gasteiger partial charge in [0.15, 0.2) is 0 Å². The Balaban J connectivity index is 0. The maximum absolute atomic E-state index is 7.08. The topological polar surface area (TPSA) is 23.8 Å². The van der Waals surface area contributed by atoms with Crippen molar-refractivity contribution in [2.24, 2.45) is 0 Å². The summed E-state index contributed by atoms with van der Waals surface area (Å²) < 4.78 is 0. The van der Waals surface area contributed by atoms with Crippen LogP contribution in [0.5, 0.6) is 0 Å². The van der Waals surface area contributed by atoms with Gasteiger partial charge in [-0.25, -0.2) is 0 Å². The third kappa shape index (κ3) is 132. The summed E-state index contributed by atoms with van der Waals surface area (Å²) in [5.41, 5.74) is 0. The second-order valence-corrected chi connectivity index (χ2v) is 6.75. The Morgan fingerprint density at radius 2 is 1.17 bits per heavy atom. The summed E-state index contributed by atoms with van der Waals surface area (Å²) in [7, 11) is -1.36. The molecule has 0 aromatic carbocycles. The second-order valence-electron chi connectivity index (χ2n) is 2.25. The van der Waals surface area contributed by atoms with Crippen LogP contribution in [-0.4, -0.2) is 8.24 Å². The second kappa shape index (κ2) is 2.80. The Labute approximate surface area is 50.9 Å². The van der Waals surface area contributed by atoms with E-state index < -0.39 is 8.24 Å². The van der Waals surface area contributed by atoms with E-state index >= 15 is 0 Å². The van der Waals surface area contributed by atoms with E-state index in [1.807, 2.05) is 19.6 Å². The van der Waals surface area contributed by atoms with Gasteiger partial charge in [-0.1, -0.05) is 27.9 Å². The summed E-state index contributed by atoms with van der Waals surface area (Å²) in [6.07, 6.45) is 0. The standard InChI is InChI=1S/C3H10NSi.Mn/c1-5(2,3)4;/h4H,1-3H3;/q-1;. The van der Waals surface area contributed by atoms with Crippen molar-refractivity contribution in [1.29, 1.82) is 0 Å². The van der Waals surface area contributed by atoms with Crippen LogP contribution in [0.2, 0.25) is 19.6 Å². The molecule has 0 aromatic heterocycles. The Bertz CT molecular complexity index is 26.3. The molecule has 0 aromatic rings. The summed E-state index contributed by atoms with van der Waals surface area (Å²) in [5.74, 6) is 0. The minimum atomic E-state index is -1.36. The predicted molar refractivity (Wildman–Crippen MR) is 27.7 cm³/mol. The molecule has 1 radical (unpaired) electrons. The quantitative estimate of drug-likeness (QED) is 0.462. The summed E-state index contributed by atoms with van der Waals surface area (Å²) in [6.45, 7) is 5.98. The van der Waals surface area contributed by atoms with Crippen molar-refractivity contribution < 1.29 is 17.1 Å². The van der Waals surface area contributed by atoms with Gasteiger partial charge in [-0.15, -0.1) is 0 Å². The van der Waals surface area contributed by atoms with Gasteiger partial charge in [-0.2, -0.15) is 0 Å². The van der Waals surface area contributed by atoms with Crippen LogP contribution in [0.25, 0.3) is 5.40 Å². The number of rotatable bonds is 0. The van der Waals surface area contributed by atoms with Crippen LogP contribution in [0.4, 0.5) is 0 Å². The molecule has 0 aliphatic rings. The molecular weight excluding hydrogens is 133 g/mol. The van der Waals surface area contributed by atoms with Crippen molar-refractivity contribution in [3.05, 3.63) is 5.40 Å². The van der Waals surface area contributed by atoms with E-state index in [9.17, 15) is 0 Å². The normalized spacial score (nSPS) is 10.0. The van der Waals surface area contributed by atoms with E-state index in [4.69, 9.17) is 5.40 Å². The Morgan fingerprint density at radius 3 is 1.17 bits per heavy atom. The van der Waals surface area contributed by atoms with Gasteiger partial charge in [-0.3, -0.25) is 0 Å². The third-order valence-corrected chi connectivity index (χ3v) is 0.